The normalized spacial score (nSPS) is 11.5. The van der Waals surface area contributed by atoms with Gasteiger partial charge in [-0.1, -0.05) is 6.07 Å². The van der Waals surface area contributed by atoms with E-state index in [1.807, 2.05) is 0 Å². The molecule has 6 heteroatoms. The van der Waals surface area contributed by atoms with Crippen LogP contribution in [0.5, 0.6) is 0 Å². The first-order chi connectivity index (χ1) is 7.97. The third-order valence-corrected chi connectivity index (χ3v) is 2.13. The minimum absolute atomic E-state index is 0.250. The van der Waals surface area contributed by atoms with Gasteiger partial charge in [-0.05, 0) is 18.2 Å². The predicted octanol–water partition coefficient (Wildman–Crippen LogP) is 2.25. The molecule has 0 aliphatic heterocycles. The van der Waals surface area contributed by atoms with Gasteiger partial charge in [-0.3, -0.25) is 4.79 Å². The highest BCUT2D eigenvalue weighted by molar-refractivity contribution is 5.36. The van der Waals surface area contributed by atoms with E-state index >= 15 is 0 Å². The van der Waals surface area contributed by atoms with E-state index in [1.165, 1.54) is 29.1 Å². The van der Waals surface area contributed by atoms with E-state index in [1.54, 1.807) is 0 Å². The summed E-state index contributed by atoms with van der Waals surface area (Å²) in [7, 11) is 0. The number of rotatable bonds is 1. The van der Waals surface area contributed by atoms with E-state index in [4.69, 9.17) is 0 Å². The fourth-order valence-corrected chi connectivity index (χ4v) is 1.32. The molecular formula is C11H7F3N2O. The highest BCUT2D eigenvalue weighted by Gasteiger charge is 2.30. The summed E-state index contributed by atoms with van der Waals surface area (Å²) in [5.74, 6) is 0. The number of hydrogen-bond donors (Lipinski definition) is 0. The summed E-state index contributed by atoms with van der Waals surface area (Å²) in [5.41, 5.74) is -0.802. The second-order valence-corrected chi connectivity index (χ2v) is 3.36. The Kier molecular flexibility index (Phi) is 2.71. The molecule has 0 amide bonds. The summed E-state index contributed by atoms with van der Waals surface area (Å²) < 4.78 is 38.6. The van der Waals surface area contributed by atoms with Gasteiger partial charge in [-0.2, -0.15) is 18.3 Å². The molecule has 0 aliphatic rings. The second kappa shape index (κ2) is 4.04. The summed E-state index contributed by atoms with van der Waals surface area (Å²) in [4.78, 5) is 10.8. The first-order valence-electron chi connectivity index (χ1n) is 4.69. The topological polar surface area (TPSA) is 34.9 Å². The summed E-state index contributed by atoms with van der Waals surface area (Å²) in [6.07, 6.45) is -2.03. The average Bonchev–Trinajstić information content (AvgIpc) is 2.29. The highest BCUT2D eigenvalue weighted by Crippen LogP contribution is 2.29. The van der Waals surface area contributed by atoms with Gasteiger partial charge in [-0.15, -0.1) is 0 Å². The quantitative estimate of drug-likeness (QED) is 0.766. The lowest BCUT2D eigenvalue weighted by Crippen LogP contribution is -2.09. The number of alkyl halides is 3. The SMILES string of the molecule is O=c1ccn(-c2cccc(C(F)(F)F)c2)nc1. The van der Waals surface area contributed by atoms with Crippen LogP contribution in [0.4, 0.5) is 13.2 Å². The van der Waals surface area contributed by atoms with Gasteiger partial charge >= 0.3 is 6.18 Å². The third kappa shape index (κ3) is 2.52. The van der Waals surface area contributed by atoms with Crippen molar-refractivity contribution >= 4 is 0 Å². The second-order valence-electron chi connectivity index (χ2n) is 3.36. The molecule has 88 valence electrons. The molecule has 0 atom stereocenters. The van der Waals surface area contributed by atoms with E-state index in [-0.39, 0.29) is 11.1 Å². The number of halogens is 3. The van der Waals surface area contributed by atoms with E-state index in [0.717, 1.165) is 18.3 Å². The number of nitrogens with zero attached hydrogens (tertiary/aromatic N) is 2. The van der Waals surface area contributed by atoms with E-state index in [2.05, 4.69) is 5.10 Å². The smallest absolute Gasteiger partial charge is 0.288 e. The standard InChI is InChI=1S/C11H7F3N2O/c12-11(13,14)8-2-1-3-9(6-8)16-5-4-10(17)7-15-16/h1-7H. The molecule has 0 unspecified atom stereocenters. The maximum absolute atomic E-state index is 12.5. The molecule has 0 saturated carbocycles. The van der Waals surface area contributed by atoms with Gasteiger partial charge in [-0.25, -0.2) is 4.68 Å². The van der Waals surface area contributed by atoms with Crippen molar-refractivity contribution in [1.29, 1.82) is 0 Å². The Morgan fingerprint density at radius 1 is 1.18 bits per heavy atom. The van der Waals surface area contributed by atoms with Crippen LogP contribution in [0.25, 0.3) is 5.69 Å². The van der Waals surface area contributed by atoms with Crippen LogP contribution in [0.3, 0.4) is 0 Å². The molecule has 0 spiro atoms. The molecule has 0 saturated heterocycles. The molecule has 3 nitrogen and oxygen atoms in total. The average molecular weight is 240 g/mol. The molecule has 0 aliphatic carbocycles. The van der Waals surface area contributed by atoms with Gasteiger partial charge in [0.1, 0.15) is 0 Å². The van der Waals surface area contributed by atoms with Crippen LogP contribution in [0.1, 0.15) is 5.56 Å². The molecule has 0 bridgehead atoms. The van der Waals surface area contributed by atoms with E-state index < -0.39 is 11.7 Å². The molecule has 17 heavy (non-hydrogen) atoms. The minimum Gasteiger partial charge on any atom is -0.288 e. The molecule has 1 heterocycles. The van der Waals surface area contributed by atoms with Gasteiger partial charge in [0.05, 0.1) is 17.4 Å². The Morgan fingerprint density at radius 3 is 2.53 bits per heavy atom. The van der Waals surface area contributed by atoms with Crippen molar-refractivity contribution < 1.29 is 13.2 Å². The van der Waals surface area contributed by atoms with Crippen molar-refractivity contribution in [2.75, 3.05) is 0 Å². The van der Waals surface area contributed by atoms with Crippen LogP contribution in [-0.2, 0) is 6.18 Å². The summed E-state index contributed by atoms with van der Waals surface area (Å²) in [6.45, 7) is 0. The molecule has 1 aromatic heterocycles. The summed E-state index contributed by atoms with van der Waals surface area (Å²) >= 11 is 0. The molecule has 2 rings (SSSR count). The first-order valence-corrected chi connectivity index (χ1v) is 4.69. The van der Waals surface area contributed by atoms with Crippen LogP contribution in [0, 0.1) is 0 Å². The Bertz CT molecular complexity index is 569. The molecule has 0 fully saturated rings. The molecule has 1 aromatic carbocycles. The number of benzene rings is 1. The van der Waals surface area contributed by atoms with Crippen molar-refractivity contribution in [3.63, 3.8) is 0 Å². The molecule has 0 radical (unpaired) electrons. The van der Waals surface area contributed by atoms with Gasteiger partial charge < -0.3 is 0 Å². The zero-order valence-corrected chi connectivity index (χ0v) is 8.48. The predicted molar refractivity (Wildman–Crippen MR) is 54.8 cm³/mol. The lowest BCUT2D eigenvalue weighted by atomic mass is 10.2. The van der Waals surface area contributed by atoms with Gasteiger partial charge in [0.2, 0.25) is 0 Å². The Hall–Kier alpha value is -2.11. The summed E-state index contributed by atoms with van der Waals surface area (Å²) in [6, 6.07) is 5.95. The first kappa shape index (κ1) is 11.4. The number of aromatic nitrogens is 2. The van der Waals surface area contributed by atoms with Crippen molar-refractivity contribution in [2.45, 2.75) is 6.18 Å². The number of hydrogen-bond acceptors (Lipinski definition) is 2. The Balaban J connectivity index is 2.47. The van der Waals surface area contributed by atoms with Crippen LogP contribution in [0.15, 0.2) is 47.5 Å². The Morgan fingerprint density at radius 2 is 1.94 bits per heavy atom. The minimum atomic E-state index is -4.39. The summed E-state index contributed by atoms with van der Waals surface area (Å²) in [5, 5.41) is 3.71. The van der Waals surface area contributed by atoms with Crippen LogP contribution >= 0.6 is 0 Å². The highest BCUT2D eigenvalue weighted by atomic mass is 19.4. The lowest BCUT2D eigenvalue weighted by Gasteiger charge is -2.09. The van der Waals surface area contributed by atoms with Gasteiger partial charge in [0.25, 0.3) is 0 Å². The van der Waals surface area contributed by atoms with Crippen molar-refractivity contribution in [2.24, 2.45) is 0 Å². The fraction of sp³-hybridized carbons (Fsp3) is 0.0909. The Labute approximate surface area is 94.1 Å². The maximum Gasteiger partial charge on any atom is 0.416 e. The fourth-order valence-electron chi connectivity index (χ4n) is 1.32. The van der Waals surface area contributed by atoms with Crippen LogP contribution < -0.4 is 5.43 Å². The molecular weight excluding hydrogens is 233 g/mol. The largest absolute Gasteiger partial charge is 0.416 e. The van der Waals surface area contributed by atoms with Gasteiger partial charge in [0.15, 0.2) is 5.43 Å². The zero-order valence-electron chi connectivity index (χ0n) is 8.48. The lowest BCUT2D eigenvalue weighted by molar-refractivity contribution is -0.137. The molecule has 2 aromatic rings. The third-order valence-electron chi connectivity index (χ3n) is 2.13. The monoisotopic (exact) mass is 240 g/mol. The van der Waals surface area contributed by atoms with Crippen LogP contribution in [-0.4, -0.2) is 9.78 Å². The molecule has 0 N–H and O–H groups in total. The van der Waals surface area contributed by atoms with Crippen molar-refractivity contribution in [3.05, 3.63) is 58.5 Å². The van der Waals surface area contributed by atoms with Crippen molar-refractivity contribution in [1.82, 2.24) is 9.78 Å². The van der Waals surface area contributed by atoms with Crippen molar-refractivity contribution in [3.8, 4) is 5.69 Å². The van der Waals surface area contributed by atoms with Gasteiger partial charge in [0, 0.05) is 12.3 Å². The van der Waals surface area contributed by atoms with E-state index in [9.17, 15) is 18.0 Å². The zero-order chi connectivity index (χ0) is 12.5. The van der Waals surface area contributed by atoms with Crippen LogP contribution in [0.2, 0.25) is 0 Å². The maximum atomic E-state index is 12.5. The van der Waals surface area contributed by atoms with E-state index in [0.29, 0.717) is 0 Å².